The zero-order chi connectivity index (χ0) is 20.5. The third-order valence-corrected chi connectivity index (χ3v) is 6.42. The van der Waals surface area contributed by atoms with E-state index in [4.69, 9.17) is 0 Å². The van der Waals surface area contributed by atoms with Crippen LogP contribution in [0.15, 0.2) is 48.5 Å². The van der Waals surface area contributed by atoms with E-state index in [0.717, 1.165) is 54.6 Å². The Morgan fingerprint density at radius 2 is 1.77 bits per heavy atom. The van der Waals surface area contributed by atoms with E-state index in [1.165, 1.54) is 25.0 Å². The molecule has 1 atom stereocenters. The van der Waals surface area contributed by atoms with Gasteiger partial charge >= 0.3 is 0 Å². The molecule has 3 heterocycles. The second-order valence-corrected chi connectivity index (χ2v) is 8.43. The average Bonchev–Trinajstić information content (AvgIpc) is 3.41. The molecular weight excluding hydrogens is 379 g/mol. The predicted molar refractivity (Wildman–Crippen MR) is 117 cm³/mol. The van der Waals surface area contributed by atoms with Crippen LogP contribution in [0.5, 0.6) is 0 Å². The van der Waals surface area contributed by atoms with E-state index >= 15 is 0 Å². The molecule has 3 aromatic rings. The number of nitrogens with zero attached hydrogens (tertiary/aromatic N) is 1. The molecule has 3 N–H and O–H groups in total. The van der Waals surface area contributed by atoms with Gasteiger partial charge in [-0.25, -0.2) is 4.39 Å². The summed E-state index contributed by atoms with van der Waals surface area (Å²) in [6, 6.07) is 15.2. The first kappa shape index (κ1) is 19.3. The smallest absolute Gasteiger partial charge is 0.267 e. The molecule has 2 aliphatic rings. The maximum absolute atomic E-state index is 13.2. The van der Waals surface area contributed by atoms with Crippen molar-refractivity contribution in [2.45, 2.75) is 31.3 Å². The minimum absolute atomic E-state index is 0.0494. The molecule has 0 aliphatic carbocycles. The number of aromatic amines is 1. The van der Waals surface area contributed by atoms with Gasteiger partial charge in [-0.3, -0.25) is 9.69 Å². The first-order chi connectivity index (χ1) is 14.7. The second kappa shape index (κ2) is 8.20. The standard InChI is InChI=1S/C24H27FN4O/c25-19-5-3-16(4-6-19)17-1-2-18-14-23(28-22(18)13-17)24(30)27-20-9-12-29(15-20)21-7-10-26-11-8-21/h1-6,13-14,20-21,26,28H,7-12,15H2,(H,27,30). The molecule has 1 aromatic heterocycles. The molecule has 2 aromatic carbocycles. The number of hydrogen-bond acceptors (Lipinski definition) is 3. The number of likely N-dealkylation sites (tertiary alicyclic amines) is 1. The van der Waals surface area contributed by atoms with Gasteiger partial charge in [-0.15, -0.1) is 0 Å². The number of nitrogens with one attached hydrogen (secondary N) is 3. The van der Waals surface area contributed by atoms with Crippen molar-refractivity contribution in [1.82, 2.24) is 20.5 Å². The summed E-state index contributed by atoms with van der Waals surface area (Å²) in [7, 11) is 0. The predicted octanol–water partition coefficient (Wildman–Crippen LogP) is 3.53. The Labute approximate surface area is 175 Å². The number of fused-ring (bicyclic) bond motifs is 1. The number of carbonyl (C=O) groups excluding carboxylic acids is 1. The van der Waals surface area contributed by atoms with Crippen LogP contribution in [0.1, 0.15) is 29.8 Å². The summed E-state index contributed by atoms with van der Waals surface area (Å²) >= 11 is 0. The first-order valence-corrected chi connectivity index (χ1v) is 10.8. The summed E-state index contributed by atoms with van der Waals surface area (Å²) in [5, 5.41) is 7.62. The van der Waals surface area contributed by atoms with Crippen molar-refractivity contribution < 1.29 is 9.18 Å². The van der Waals surface area contributed by atoms with Crippen LogP contribution in [0.2, 0.25) is 0 Å². The van der Waals surface area contributed by atoms with E-state index < -0.39 is 0 Å². The molecule has 2 fully saturated rings. The van der Waals surface area contributed by atoms with E-state index in [1.807, 2.05) is 24.3 Å². The van der Waals surface area contributed by atoms with E-state index in [-0.39, 0.29) is 17.8 Å². The number of carbonyl (C=O) groups is 1. The van der Waals surface area contributed by atoms with Crippen molar-refractivity contribution in [2.75, 3.05) is 26.2 Å². The lowest BCUT2D eigenvalue weighted by molar-refractivity contribution is 0.0930. The summed E-state index contributed by atoms with van der Waals surface area (Å²) in [6.45, 7) is 4.18. The Kier molecular flexibility index (Phi) is 5.27. The lowest BCUT2D eigenvalue weighted by Gasteiger charge is -2.31. The third kappa shape index (κ3) is 3.98. The minimum Gasteiger partial charge on any atom is -0.351 e. The highest BCUT2D eigenvalue weighted by molar-refractivity contribution is 5.99. The maximum atomic E-state index is 13.2. The van der Waals surface area contributed by atoms with Gasteiger partial charge in [0.1, 0.15) is 11.5 Å². The largest absolute Gasteiger partial charge is 0.351 e. The number of piperidine rings is 1. The molecule has 1 unspecified atom stereocenters. The zero-order valence-electron chi connectivity index (χ0n) is 17.0. The van der Waals surface area contributed by atoms with Crippen LogP contribution in [0.3, 0.4) is 0 Å². The molecule has 0 bridgehead atoms. The van der Waals surface area contributed by atoms with Crippen molar-refractivity contribution in [2.24, 2.45) is 0 Å². The van der Waals surface area contributed by atoms with Crippen LogP contribution in [0, 0.1) is 5.82 Å². The average molecular weight is 407 g/mol. The lowest BCUT2D eigenvalue weighted by atomic mass is 10.0. The van der Waals surface area contributed by atoms with Gasteiger partial charge in [-0.05, 0) is 67.7 Å². The number of benzene rings is 2. The zero-order valence-corrected chi connectivity index (χ0v) is 17.0. The molecule has 30 heavy (non-hydrogen) atoms. The molecular formula is C24H27FN4O. The van der Waals surface area contributed by atoms with Gasteiger partial charge < -0.3 is 15.6 Å². The van der Waals surface area contributed by atoms with Gasteiger partial charge in [-0.2, -0.15) is 0 Å². The van der Waals surface area contributed by atoms with Crippen LogP contribution >= 0.6 is 0 Å². The Bertz CT molecular complexity index is 1040. The molecule has 0 spiro atoms. The molecule has 5 rings (SSSR count). The van der Waals surface area contributed by atoms with Crippen LogP contribution in [-0.2, 0) is 0 Å². The Morgan fingerprint density at radius 1 is 1.00 bits per heavy atom. The van der Waals surface area contributed by atoms with Gasteiger partial charge in [0.25, 0.3) is 5.91 Å². The van der Waals surface area contributed by atoms with E-state index in [1.54, 1.807) is 12.1 Å². The maximum Gasteiger partial charge on any atom is 0.267 e. The topological polar surface area (TPSA) is 60.2 Å². The summed E-state index contributed by atoms with van der Waals surface area (Å²) < 4.78 is 13.2. The van der Waals surface area contributed by atoms with E-state index in [9.17, 15) is 9.18 Å². The SMILES string of the molecule is O=C(NC1CCN(C2CCNCC2)C1)c1cc2ccc(-c3ccc(F)cc3)cc2[nH]1. The molecule has 6 heteroatoms. The third-order valence-electron chi connectivity index (χ3n) is 6.42. The van der Waals surface area contributed by atoms with Gasteiger partial charge in [-0.1, -0.05) is 24.3 Å². The van der Waals surface area contributed by atoms with Crippen molar-refractivity contribution in [3.05, 3.63) is 60.0 Å². The molecule has 1 amide bonds. The molecule has 2 saturated heterocycles. The highest BCUT2D eigenvalue weighted by Crippen LogP contribution is 2.25. The fourth-order valence-electron chi connectivity index (χ4n) is 4.74. The van der Waals surface area contributed by atoms with Crippen molar-refractivity contribution in [1.29, 1.82) is 0 Å². The minimum atomic E-state index is -0.246. The van der Waals surface area contributed by atoms with Gasteiger partial charge in [0, 0.05) is 36.1 Å². The summed E-state index contributed by atoms with van der Waals surface area (Å²) in [4.78, 5) is 18.6. The molecule has 156 valence electrons. The second-order valence-electron chi connectivity index (χ2n) is 8.43. The van der Waals surface area contributed by atoms with Gasteiger partial charge in [0.15, 0.2) is 0 Å². The molecule has 0 radical (unpaired) electrons. The fraction of sp³-hybridized carbons (Fsp3) is 0.375. The van der Waals surface area contributed by atoms with Crippen LogP contribution in [0.25, 0.3) is 22.0 Å². The Morgan fingerprint density at radius 3 is 2.57 bits per heavy atom. The van der Waals surface area contributed by atoms with Crippen molar-refractivity contribution in [3.8, 4) is 11.1 Å². The van der Waals surface area contributed by atoms with Crippen LogP contribution in [0.4, 0.5) is 4.39 Å². The number of aromatic nitrogens is 1. The lowest BCUT2D eigenvalue weighted by Crippen LogP contribution is -2.44. The molecule has 5 nitrogen and oxygen atoms in total. The van der Waals surface area contributed by atoms with Gasteiger partial charge in [0.05, 0.1) is 0 Å². The summed E-state index contributed by atoms with van der Waals surface area (Å²) in [5.74, 6) is -0.295. The highest BCUT2D eigenvalue weighted by atomic mass is 19.1. The van der Waals surface area contributed by atoms with Gasteiger partial charge in [0.2, 0.25) is 0 Å². The van der Waals surface area contributed by atoms with Crippen molar-refractivity contribution >= 4 is 16.8 Å². The normalized spacial score (nSPS) is 20.6. The monoisotopic (exact) mass is 406 g/mol. The Hall–Kier alpha value is -2.70. The number of halogens is 1. The number of hydrogen-bond donors (Lipinski definition) is 3. The summed E-state index contributed by atoms with van der Waals surface area (Å²) in [6.07, 6.45) is 3.39. The fourth-order valence-corrected chi connectivity index (χ4v) is 4.74. The number of H-pyrrole nitrogens is 1. The van der Waals surface area contributed by atoms with Crippen LogP contribution < -0.4 is 10.6 Å². The number of amides is 1. The Balaban J connectivity index is 1.26. The highest BCUT2D eigenvalue weighted by Gasteiger charge is 2.30. The van der Waals surface area contributed by atoms with E-state index in [0.29, 0.717) is 11.7 Å². The molecule has 0 saturated carbocycles. The summed E-state index contributed by atoms with van der Waals surface area (Å²) in [5.41, 5.74) is 3.43. The van der Waals surface area contributed by atoms with E-state index in [2.05, 4.69) is 20.5 Å². The quantitative estimate of drug-likeness (QED) is 0.621. The van der Waals surface area contributed by atoms with Crippen molar-refractivity contribution in [3.63, 3.8) is 0 Å². The first-order valence-electron chi connectivity index (χ1n) is 10.8. The molecule has 2 aliphatic heterocycles. The van der Waals surface area contributed by atoms with Crippen LogP contribution in [-0.4, -0.2) is 54.1 Å². The number of rotatable bonds is 4.